The largest absolute Gasteiger partial charge is 0.465 e. The summed E-state index contributed by atoms with van der Waals surface area (Å²) < 4.78 is 10.2. The molecule has 1 amide bonds. The van der Waals surface area contributed by atoms with Crippen LogP contribution >= 0.6 is 27.5 Å². The van der Waals surface area contributed by atoms with Crippen LogP contribution in [0.4, 0.5) is 5.69 Å². The molecule has 104 valence electrons. The summed E-state index contributed by atoms with van der Waals surface area (Å²) >= 11 is 8.97. The zero-order chi connectivity index (χ0) is 14.7. The average molecular weight is 359 g/mol. The molecule has 0 bridgehead atoms. The maximum atomic E-state index is 12.0. The number of hydrogen-bond acceptors (Lipinski definition) is 4. The first-order chi connectivity index (χ1) is 9.51. The SMILES string of the molecule is COC(=O)c1ccc(Cl)cc1NC(=O)c1ccc(Br)o1. The molecule has 0 saturated heterocycles. The minimum Gasteiger partial charge on any atom is -0.465 e. The lowest BCUT2D eigenvalue weighted by molar-refractivity contribution is 0.0602. The van der Waals surface area contributed by atoms with Crippen LogP contribution in [0.2, 0.25) is 5.02 Å². The Labute approximate surface area is 128 Å². The highest BCUT2D eigenvalue weighted by atomic mass is 79.9. The molecule has 1 aromatic carbocycles. The summed E-state index contributed by atoms with van der Waals surface area (Å²) in [5.74, 6) is -0.964. The minimum absolute atomic E-state index is 0.104. The van der Waals surface area contributed by atoms with E-state index in [2.05, 4.69) is 26.0 Å². The molecule has 0 radical (unpaired) electrons. The smallest absolute Gasteiger partial charge is 0.339 e. The molecule has 0 spiro atoms. The van der Waals surface area contributed by atoms with Gasteiger partial charge < -0.3 is 14.5 Å². The van der Waals surface area contributed by atoms with E-state index >= 15 is 0 Å². The van der Waals surface area contributed by atoms with Crippen LogP contribution in [0.5, 0.6) is 0 Å². The van der Waals surface area contributed by atoms with Gasteiger partial charge in [0, 0.05) is 5.02 Å². The number of carbonyl (C=O) groups excluding carboxylic acids is 2. The quantitative estimate of drug-likeness (QED) is 0.849. The van der Waals surface area contributed by atoms with Gasteiger partial charge in [-0.3, -0.25) is 4.79 Å². The second-order valence-corrected chi connectivity index (χ2v) is 4.96. The number of hydrogen-bond donors (Lipinski definition) is 1. The number of anilines is 1. The van der Waals surface area contributed by atoms with Crippen LogP contribution in [-0.4, -0.2) is 19.0 Å². The monoisotopic (exact) mass is 357 g/mol. The maximum Gasteiger partial charge on any atom is 0.339 e. The molecule has 5 nitrogen and oxygen atoms in total. The number of furan rings is 1. The van der Waals surface area contributed by atoms with E-state index < -0.39 is 11.9 Å². The maximum absolute atomic E-state index is 12.0. The molecule has 0 saturated carbocycles. The Balaban J connectivity index is 2.30. The van der Waals surface area contributed by atoms with E-state index in [4.69, 9.17) is 16.0 Å². The molecule has 0 atom stereocenters. The van der Waals surface area contributed by atoms with Gasteiger partial charge in [-0.25, -0.2) is 4.79 Å². The van der Waals surface area contributed by atoms with Crippen molar-refractivity contribution in [2.45, 2.75) is 0 Å². The Bertz CT molecular complexity index is 668. The normalized spacial score (nSPS) is 10.2. The number of benzene rings is 1. The predicted molar refractivity (Wildman–Crippen MR) is 77.2 cm³/mol. The fourth-order valence-corrected chi connectivity index (χ4v) is 2.01. The van der Waals surface area contributed by atoms with E-state index in [0.717, 1.165) is 0 Å². The third-order valence-electron chi connectivity index (χ3n) is 2.43. The number of amides is 1. The summed E-state index contributed by atoms with van der Waals surface area (Å²) in [5.41, 5.74) is 0.456. The number of halogens is 2. The van der Waals surface area contributed by atoms with Gasteiger partial charge in [0.15, 0.2) is 10.4 Å². The fourth-order valence-electron chi connectivity index (χ4n) is 1.53. The second-order valence-electron chi connectivity index (χ2n) is 3.74. The van der Waals surface area contributed by atoms with Crippen LogP contribution < -0.4 is 5.32 Å². The van der Waals surface area contributed by atoms with E-state index in [1.165, 1.54) is 31.4 Å². The van der Waals surface area contributed by atoms with Crippen LogP contribution in [-0.2, 0) is 4.74 Å². The zero-order valence-corrected chi connectivity index (χ0v) is 12.6. The van der Waals surface area contributed by atoms with E-state index in [1.54, 1.807) is 6.07 Å². The lowest BCUT2D eigenvalue weighted by Gasteiger charge is -2.09. The predicted octanol–water partition coefficient (Wildman–Crippen LogP) is 3.73. The molecule has 1 N–H and O–H groups in total. The zero-order valence-electron chi connectivity index (χ0n) is 10.3. The van der Waals surface area contributed by atoms with Crippen molar-refractivity contribution >= 4 is 45.1 Å². The highest BCUT2D eigenvalue weighted by molar-refractivity contribution is 9.10. The Morgan fingerprint density at radius 3 is 2.65 bits per heavy atom. The highest BCUT2D eigenvalue weighted by Gasteiger charge is 2.17. The Morgan fingerprint density at radius 1 is 1.30 bits per heavy atom. The fraction of sp³-hybridized carbons (Fsp3) is 0.0769. The van der Waals surface area contributed by atoms with Crippen LogP contribution in [0.3, 0.4) is 0 Å². The van der Waals surface area contributed by atoms with Gasteiger partial charge in [0.05, 0.1) is 18.4 Å². The topological polar surface area (TPSA) is 68.5 Å². The first-order valence-electron chi connectivity index (χ1n) is 5.46. The van der Waals surface area contributed by atoms with Gasteiger partial charge in [-0.05, 0) is 46.3 Å². The molecular formula is C13H9BrClNO4. The standard InChI is InChI=1S/C13H9BrClNO4/c1-19-13(18)8-3-2-7(15)6-9(8)16-12(17)10-4-5-11(14)20-10/h2-6H,1H3,(H,16,17). The van der Waals surface area contributed by atoms with Crippen molar-refractivity contribution in [1.29, 1.82) is 0 Å². The number of ether oxygens (including phenoxy) is 1. The van der Waals surface area contributed by atoms with Crippen molar-refractivity contribution < 1.29 is 18.7 Å². The molecule has 2 aromatic rings. The van der Waals surface area contributed by atoms with Gasteiger partial charge in [0.25, 0.3) is 5.91 Å². The lowest BCUT2D eigenvalue weighted by Crippen LogP contribution is -2.14. The summed E-state index contributed by atoms with van der Waals surface area (Å²) in [7, 11) is 1.26. The van der Waals surface area contributed by atoms with Gasteiger partial charge in [0.1, 0.15) is 0 Å². The molecule has 20 heavy (non-hydrogen) atoms. The van der Waals surface area contributed by atoms with Gasteiger partial charge in [-0.2, -0.15) is 0 Å². The van der Waals surface area contributed by atoms with Crippen LogP contribution in [0.15, 0.2) is 39.4 Å². The number of esters is 1. The van der Waals surface area contributed by atoms with E-state index in [-0.39, 0.29) is 17.0 Å². The molecule has 0 fully saturated rings. The Hall–Kier alpha value is -1.79. The third kappa shape index (κ3) is 3.20. The first kappa shape index (κ1) is 14.6. The molecule has 0 aliphatic rings. The number of methoxy groups -OCH3 is 1. The Kier molecular flexibility index (Phi) is 4.46. The van der Waals surface area contributed by atoms with Gasteiger partial charge >= 0.3 is 5.97 Å². The van der Waals surface area contributed by atoms with Crippen LogP contribution in [0.25, 0.3) is 0 Å². The third-order valence-corrected chi connectivity index (χ3v) is 3.09. The summed E-state index contributed by atoms with van der Waals surface area (Å²) in [5, 5.41) is 2.94. The van der Waals surface area contributed by atoms with Crippen molar-refractivity contribution in [3.63, 3.8) is 0 Å². The van der Waals surface area contributed by atoms with Crippen LogP contribution in [0.1, 0.15) is 20.9 Å². The van der Waals surface area contributed by atoms with Crippen molar-refractivity contribution in [1.82, 2.24) is 0 Å². The lowest BCUT2D eigenvalue weighted by atomic mass is 10.1. The van der Waals surface area contributed by atoms with Crippen molar-refractivity contribution in [3.8, 4) is 0 Å². The molecular weight excluding hydrogens is 350 g/mol. The summed E-state index contributed by atoms with van der Waals surface area (Å²) in [6.45, 7) is 0. The van der Waals surface area contributed by atoms with E-state index in [1.807, 2.05) is 0 Å². The van der Waals surface area contributed by atoms with Crippen molar-refractivity contribution in [2.75, 3.05) is 12.4 Å². The number of rotatable bonds is 3. The molecule has 2 rings (SSSR count). The Morgan fingerprint density at radius 2 is 2.05 bits per heavy atom. The minimum atomic E-state index is -0.572. The summed E-state index contributed by atoms with van der Waals surface area (Å²) in [4.78, 5) is 23.6. The molecule has 1 aromatic heterocycles. The van der Waals surface area contributed by atoms with Crippen LogP contribution in [0, 0.1) is 0 Å². The molecule has 7 heteroatoms. The molecule has 0 unspecified atom stereocenters. The van der Waals surface area contributed by atoms with Gasteiger partial charge in [0.2, 0.25) is 0 Å². The average Bonchev–Trinajstić information content (AvgIpc) is 2.85. The van der Waals surface area contributed by atoms with E-state index in [9.17, 15) is 9.59 Å². The van der Waals surface area contributed by atoms with Gasteiger partial charge in [-0.1, -0.05) is 11.6 Å². The van der Waals surface area contributed by atoms with E-state index in [0.29, 0.717) is 9.69 Å². The van der Waals surface area contributed by atoms with Crippen molar-refractivity contribution in [2.24, 2.45) is 0 Å². The van der Waals surface area contributed by atoms with Crippen molar-refractivity contribution in [3.05, 3.63) is 51.3 Å². The second kappa shape index (κ2) is 6.11. The molecule has 1 heterocycles. The number of nitrogens with one attached hydrogen (secondary N) is 1. The highest BCUT2D eigenvalue weighted by Crippen LogP contribution is 2.23. The summed E-state index contributed by atoms with van der Waals surface area (Å²) in [6.07, 6.45) is 0. The molecule has 0 aliphatic carbocycles. The first-order valence-corrected chi connectivity index (χ1v) is 6.63. The van der Waals surface area contributed by atoms with Gasteiger partial charge in [-0.15, -0.1) is 0 Å². The molecule has 0 aliphatic heterocycles. The summed E-state index contributed by atoms with van der Waals surface area (Å²) in [6, 6.07) is 7.56. The number of carbonyl (C=O) groups is 2.